The molecule has 9 N–H and O–H groups in total. The van der Waals surface area contributed by atoms with Crippen LogP contribution in [0.15, 0.2) is 0 Å². The van der Waals surface area contributed by atoms with Crippen LogP contribution in [0.4, 0.5) is 0 Å². The number of rotatable bonds is 7. The zero-order valence-electron chi connectivity index (χ0n) is 34.8. The Morgan fingerprint density at radius 1 is 0.714 bits per heavy atom. The third-order valence-corrected chi connectivity index (χ3v) is 16.8. The predicted octanol–water partition coefficient (Wildman–Crippen LogP) is 1.21. The van der Waals surface area contributed by atoms with E-state index in [1.165, 1.54) is 6.92 Å². The average molecular weight is 801 g/mol. The lowest BCUT2D eigenvalue weighted by atomic mass is 9.38. The summed E-state index contributed by atoms with van der Waals surface area (Å²) in [5.41, 5.74) is -2.89. The topological polar surface area (TPSA) is 228 Å². The van der Waals surface area contributed by atoms with Crippen molar-refractivity contribution in [3.63, 3.8) is 0 Å². The summed E-state index contributed by atoms with van der Waals surface area (Å²) in [6.45, 7) is 17.4. The third kappa shape index (κ3) is 6.76. The minimum absolute atomic E-state index is 0.0410. The van der Waals surface area contributed by atoms with Crippen LogP contribution >= 0.6 is 0 Å². The van der Waals surface area contributed by atoms with E-state index in [9.17, 15) is 46.0 Å². The summed E-state index contributed by atoms with van der Waals surface area (Å²) in [4.78, 5) is 0. The van der Waals surface area contributed by atoms with E-state index in [1.54, 1.807) is 13.8 Å². The number of hydrogen-bond donors (Lipinski definition) is 9. The van der Waals surface area contributed by atoms with Gasteiger partial charge in [-0.05, 0) is 124 Å². The maximum Gasteiger partial charge on any atom is 0.187 e. The molecule has 14 heteroatoms. The molecule has 23 atom stereocenters. The van der Waals surface area contributed by atoms with Crippen molar-refractivity contribution < 1.29 is 69.6 Å². The van der Waals surface area contributed by atoms with E-state index in [0.717, 1.165) is 25.7 Å². The summed E-state index contributed by atoms with van der Waals surface area (Å²) < 4.78 is 31.9. The van der Waals surface area contributed by atoms with E-state index in [1.807, 2.05) is 0 Å². The third-order valence-electron chi connectivity index (χ3n) is 16.8. The molecule has 0 radical (unpaired) electrons. The second kappa shape index (κ2) is 14.8. The van der Waals surface area contributed by atoms with Gasteiger partial charge in [0.1, 0.15) is 42.7 Å². The summed E-state index contributed by atoms with van der Waals surface area (Å²) >= 11 is 0. The molecule has 0 aromatic carbocycles. The van der Waals surface area contributed by atoms with Crippen molar-refractivity contribution in [2.24, 2.45) is 51.8 Å². The molecule has 0 amide bonds. The van der Waals surface area contributed by atoms with Gasteiger partial charge in [-0.2, -0.15) is 0 Å². The number of hydrogen-bond acceptors (Lipinski definition) is 14. The molecule has 4 saturated carbocycles. The standard InChI is InChI=1S/C42H72O14/c1-18-16-41(8)21-14-23(44)27-20(42(9)13-11-26(56-42)39(5,6)51)10-12-40(27,7)22(21)15-24(34(41)38(3,4)35(18)50)53-37-33(31(48)29(46)25(17-43)54-37)55-36-32(49)30(47)28(45)19(2)52-36/h18-37,43-51H,10-17H2,1-9H3. The molecule has 14 nitrogen and oxygen atoms in total. The van der Waals surface area contributed by atoms with Crippen molar-refractivity contribution in [1.82, 2.24) is 0 Å². The zero-order chi connectivity index (χ0) is 41.2. The monoisotopic (exact) mass is 800 g/mol. The number of fused-ring (bicyclic) bond motifs is 5. The van der Waals surface area contributed by atoms with Crippen molar-refractivity contribution in [2.45, 2.75) is 204 Å². The first-order chi connectivity index (χ1) is 25.9. The maximum absolute atomic E-state index is 12.3. The summed E-state index contributed by atoms with van der Waals surface area (Å²) in [6.07, 6.45) is -11.4. The molecule has 4 aliphatic carbocycles. The minimum atomic E-state index is -1.69. The van der Waals surface area contributed by atoms with Gasteiger partial charge in [0.25, 0.3) is 0 Å². The van der Waals surface area contributed by atoms with Gasteiger partial charge in [-0.1, -0.05) is 34.6 Å². The molecule has 3 saturated heterocycles. The fourth-order valence-corrected chi connectivity index (χ4v) is 14.2. The SMILES string of the molecule is CC1CC2(C)C3CC(O)C4C(C5(C)CCC(C(C)(C)O)O5)CCC4(C)C3CC(OC3OC(CO)C(O)C(O)C3OC3OC(C)C(O)C(O)C3O)C2C(C)(C)C1O. The largest absolute Gasteiger partial charge is 0.394 e. The lowest BCUT2D eigenvalue weighted by Crippen LogP contribution is -2.69. The maximum atomic E-state index is 12.3. The second-order valence-corrected chi connectivity index (χ2v) is 21.1. The summed E-state index contributed by atoms with van der Waals surface area (Å²) in [7, 11) is 0. The highest BCUT2D eigenvalue weighted by molar-refractivity contribution is 5.19. The predicted molar refractivity (Wildman–Crippen MR) is 200 cm³/mol. The van der Waals surface area contributed by atoms with Crippen molar-refractivity contribution >= 4 is 0 Å². The van der Waals surface area contributed by atoms with Crippen LogP contribution < -0.4 is 0 Å². The quantitative estimate of drug-likeness (QED) is 0.165. The van der Waals surface area contributed by atoms with E-state index < -0.39 is 108 Å². The van der Waals surface area contributed by atoms with Gasteiger partial charge in [0.05, 0.1) is 48.3 Å². The highest BCUT2D eigenvalue weighted by Crippen LogP contribution is 2.72. The molecular weight excluding hydrogens is 728 g/mol. The molecule has 0 aromatic rings. The van der Waals surface area contributed by atoms with Crippen LogP contribution in [0, 0.1) is 51.8 Å². The van der Waals surface area contributed by atoms with Gasteiger partial charge in [-0.15, -0.1) is 0 Å². The first kappa shape index (κ1) is 43.5. The Balaban J connectivity index is 1.24. The summed E-state index contributed by atoms with van der Waals surface area (Å²) in [5, 5.41) is 99.6. The van der Waals surface area contributed by atoms with E-state index in [2.05, 4.69) is 41.5 Å². The molecule has 7 fully saturated rings. The van der Waals surface area contributed by atoms with Gasteiger partial charge in [0.15, 0.2) is 12.6 Å². The van der Waals surface area contributed by atoms with Crippen LogP contribution in [0.5, 0.6) is 0 Å². The van der Waals surface area contributed by atoms with E-state index >= 15 is 0 Å². The Bertz CT molecular complexity index is 1410. The van der Waals surface area contributed by atoms with Crippen LogP contribution in [0.1, 0.15) is 107 Å². The molecule has 7 aliphatic rings. The van der Waals surface area contributed by atoms with Gasteiger partial charge in [0, 0.05) is 0 Å². The highest BCUT2D eigenvalue weighted by atomic mass is 16.8. The van der Waals surface area contributed by atoms with Crippen molar-refractivity contribution in [1.29, 1.82) is 0 Å². The molecular formula is C42H72O14. The van der Waals surface area contributed by atoms with E-state index in [-0.39, 0.29) is 47.0 Å². The van der Waals surface area contributed by atoms with E-state index in [4.69, 9.17) is 23.7 Å². The van der Waals surface area contributed by atoms with Crippen LogP contribution in [0.3, 0.4) is 0 Å². The first-order valence-electron chi connectivity index (χ1n) is 21.3. The van der Waals surface area contributed by atoms with E-state index in [0.29, 0.717) is 19.3 Å². The molecule has 7 rings (SSSR count). The summed E-state index contributed by atoms with van der Waals surface area (Å²) in [5.74, 6) is -0.126. The molecule has 56 heavy (non-hydrogen) atoms. The van der Waals surface area contributed by atoms with Gasteiger partial charge in [-0.3, -0.25) is 0 Å². The molecule has 0 aromatic heterocycles. The van der Waals surface area contributed by atoms with Crippen molar-refractivity contribution in [3.05, 3.63) is 0 Å². The molecule has 3 heterocycles. The van der Waals surface area contributed by atoms with Gasteiger partial charge in [-0.25, -0.2) is 0 Å². The lowest BCUT2D eigenvalue weighted by Gasteiger charge is -2.69. The van der Waals surface area contributed by atoms with Crippen LogP contribution in [0.25, 0.3) is 0 Å². The summed E-state index contributed by atoms with van der Waals surface area (Å²) in [6, 6.07) is 0. The molecule has 0 spiro atoms. The fraction of sp³-hybridized carbons (Fsp3) is 1.00. The smallest absolute Gasteiger partial charge is 0.187 e. The molecule has 3 aliphatic heterocycles. The average Bonchev–Trinajstić information content (AvgIpc) is 3.71. The Labute approximate surface area is 331 Å². The lowest BCUT2D eigenvalue weighted by molar-refractivity contribution is -0.379. The number of aliphatic hydroxyl groups is 9. The zero-order valence-corrected chi connectivity index (χ0v) is 34.8. The Morgan fingerprint density at radius 3 is 2.00 bits per heavy atom. The Hall–Kier alpha value is -0.560. The molecule has 324 valence electrons. The van der Waals surface area contributed by atoms with Gasteiger partial charge >= 0.3 is 0 Å². The minimum Gasteiger partial charge on any atom is -0.394 e. The first-order valence-corrected chi connectivity index (χ1v) is 21.3. The number of aliphatic hydroxyl groups excluding tert-OH is 8. The van der Waals surface area contributed by atoms with Crippen LogP contribution in [0.2, 0.25) is 0 Å². The Kier molecular flexibility index (Phi) is 11.5. The van der Waals surface area contributed by atoms with Crippen LogP contribution in [-0.2, 0) is 23.7 Å². The Morgan fingerprint density at radius 2 is 1.38 bits per heavy atom. The molecule has 23 unspecified atom stereocenters. The van der Waals surface area contributed by atoms with Gasteiger partial charge < -0.3 is 69.6 Å². The fourth-order valence-electron chi connectivity index (χ4n) is 14.2. The van der Waals surface area contributed by atoms with Crippen molar-refractivity contribution in [3.8, 4) is 0 Å². The van der Waals surface area contributed by atoms with Crippen LogP contribution in [-0.4, -0.2) is 150 Å². The van der Waals surface area contributed by atoms with Crippen molar-refractivity contribution in [2.75, 3.05) is 6.61 Å². The van der Waals surface area contributed by atoms with Gasteiger partial charge in [0.2, 0.25) is 0 Å². The normalized spacial score (nSPS) is 57.3. The highest BCUT2D eigenvalue weighted by Gasteiger charge is 2.71. The molecule has 0 bridgehead atoms. The second-order valence-electron chi connectivity index (χ2n) is 21.1. The number of ether oxygens (including phenoxy) is 5.